The summed E-state index contributed by atoms with van der Waals surface area (Å²) in [4.78, 5) is 0. The Bertz CT molecular complexity index is 101. The predicted octanol–water partition coefficient (Wildman–Crippen LogP) is 2.81. The lowest BCUT2D eigenvalue weighted by molar-refractivity contribution is 0.0781. The lowest BCUT2D eigenvalue weighted by Gasteiger charge is -2.29. The van der Waals surface area contributed by atoms with Gasteiger partial charge in [0.2, 0.25) is 0 Å². The highest BCUT2D eigenvalue weighted by Crippen LogP contribution is 2.30. The van der Waals surface area contributed by atoms with Crippen LogP contribution >= 0.6 is 23.0 Å². The Balaban J connectivity index is 2.31. The molecule has 1 aliphatic rings. The maximum Gasteiger partial charge on any atom is 0.109 e. The molecule has 2 unspecified atom stereocenters. The van der Waals surface area contributed by atoms with Gasteiger partial charge in [0.1, 0.15) is 23.0 Å². The highest BCUT2D eigenvalue weighted by atomic mass is 127. The standard InChI is InChI=1S/C9H17IO2/c1-11-6-8-4-2-3-5-9(8)7-12-10/h8-9H,2-7H2,1H3. The van der Waals surface area contributed by atoms with Crippen molar-refractivity contribution in [2.45, 2.75) is 25.7 Å². The molecule has 0 bridgehead atoms. The topological polar surface area (TPSA) is 18.5 Å². The number of rotatable bonds is 4. The zero-order valence-corrected chi connectivity index (χ0v) is 9.75. The van der Waals surface area contributed by atoms with E-state index in [2.05, 4.69) is 0 Å². The minimum Gasteiger partial charge on any atom is -0.384 e. The van der Waals surface area contributed by atoms with Crippen LogP contribution in [0.1, 0.15) is 25.7 Å². The summed E-state index contributed by atoms with van der Waals surface area (Å²) in [5.41, 5.74) is 0. The fourth-order valence-corrected chi connectivity index (χ4v) is 2.48. The zero-order valence-electron chi connectivity index (χ0n) is 7.59. The van der Waals surface area contributed by atoms with Gasteiger partial charge >= 0.3 is 0 Å². The molecule has 2 nitrogen and oxygen atoms in total. The molecule has 0 amide bonds. The second-order valence-corrected chi connectivity index (χ2v) is 4.16. The van der Waals surface area contributed by atoms with Crippen LogP contribution in [0.3, 0.4) is 0 Å². The van der Waals surface area contributed by atoms with E-state index in [1.807, 2.05) is 23.0 Å². The SMILES string of the molecule is COCC1CCCCC1COI. The molecule has 0 aliphatic heterocycles. The van der Waals surface area contributed by atoms with Gasteiger partial charge in [0.15, 0.2) is 0 Å². The van der Waals surface area contributed by atoms with Gasteiger partial charge in [-0.2, -0.15) is 0 Å². The third-order valence-corrected chi connectivity index (χ3v) is 3.08. The van der Waals surface area contributed by atoms with E-state index in [0.29, 0.717) is 0 Å². The Morgan fingerprint density at radius 3 is 2.25 bits per heavy atom. The molecule has 0 radical (unpaired) electrons. The van der Waals surface area contributed by atoms with Crippen LogP contribution < -0.4 is 0 Å². The molecule has 0 aromatic rings. The van der Waals surface area contributed by atoms with E-state index in [9.17, 15) is 0 Å². The fourth-order valence-electron chi connectivity index (χ4n) is 2.02. The lowest BCUT2D eigenvalue weighted by Crippen LogP contribution is -2.26. The molecule has 72 valence electrons. The zero-order chi connectivity index (χ0) is 8.81. The van der Waals surface area contributed by atoms with Crippen molar-refractivity contribution in [2.75, 3.05) is 20.3 Å². The third-order valence-electron chi connectivity index (χ3n) is 2.72. The molecule has 0 spiro atoms. The maximum atomic E-state index is 5.20. The molecule has 0 aromatic heterocycles. The summed E-state index contributed by atoms with van der Waals surface area (Å²) in [6.07, 6.45) is 5.37. The van der Waals surface area contributed by atoms with Gasteiger partial charge in [-0.15, -0.1) is 0 Å². The van der Waals surface area contributed by atoms with Crippen LogP contribution in [0, 0.1) is 11.8 Å². The van der Waals surface area contributed by atoms with Crippen molar-refractivity contribution in [1.29, 1.82) is 0 Å². The first kappa shape index (κ1) is 10.7. The first-order valence-electron chi connectivity index (χ1n) is 4.61. The minimum atomic E-state index is 0.732. The van der Waals surface area contributed by atoms with E-state index < -0.39 is 0 Å². The number of halogens is 1. The van der Waals surface area contributed by atoms with Crippen molar-refractivity contribution >= 4 is 23.0 Å². The van der Waals surface area contributed by atoms with Crippen LogP contribution in [0.15, 0.2) is 0 Å². The maximum absolute atomic E-state index is 5.20. The van der Waals surface area contributed by atoms with Gasteiger partial charge in [-0.1, -0.05) is 12.8 Å². The van der Waals surface area contributed by atoms with Gasteiger partial charge in [0.05, 0.1) is 6.61 Å². The van der Waals surface area contributed by atoms with Crippen molar-refractivity contribution in [3.05, 3.63) is 0 Å². The minimum absolute atomic E-state index is 0.732. The molecule has 12 heavy (non-hydrogen) atoms. The molecule has 1 saturated carbocycles. The molecule has 1 fully saturated rings. The van der Waals surface area contributed by atoms with Gasteiger partial charge < -0.3 is 7.80 Å². The molecule has 0 heterocycles. The van der Waals surface area contributed by atoms with E-state index in [1.54, 1.807) is 7.11 Å². The van der Waals surface area contributed by atoms with Crippen molar-refractivity contribution < 1.29 is 7.80 Å². The molecule has 1 aliphatic carbocycles. The third kappa shape index (κ3) is 3.18. The predicted molar refractivity (Wildman–Crippen MR) is 57.3 cm³/mol. The monoisotopic (exact) mass is 284 g/mol. The summed E-state index contributed by atoms with van der Waals surface area (Å²) in [5.74, 6) is 1.47. The van der Waals surface area contributed by atoms with Crippen LogP contribution in [-0.2, 0) is 7.80 Å². The first-order valence-corrected chi connectivity index (χ1v) is 5.49. The van der Waals surface area contributed by atoms with E-state index in [4.69, 9.17) is 7.80 Å². The summed E-state index contributed by atoms with van der Waals surface area (Å²) in [7, 11) is 1.79. The molecular weight excluding hydrogens is 267 g/mol. The van der Waals surface area contributed by atoms with Crippen LogP contribution in [0.2, 0.25) is 0 Å². The molecule has 0 saturated heterocycles. The van der Waals surface area contributed by atoms with E-state index in [-0.39, 0.29) is 0 Å². The summed E-state index contributed by atoms with van der Waals surface area (Å²) in [6, 6.07) is 0. The Kier molecular flexibility index (Phi) is 5.50. The number of ether oxygens (including phenoxy) is 1. The molecule has 2 atom stereocenters. The summed E-state index contributed by atoms with van der Waals surface area (Å²) < 4.78 is 10.4. The van der Waals surface area contributed by atoms with Crippen LogP contribution in [0.5, 0.6) is 0 Å². The van der Waals surface area contributed by atoms with Crippen molar-refractivity contribution in [2.24, 2.45) is 11.8 Å². The average Bonchev–Trinajstić information content (AvgIpc) is 2.09. The smallest absolute Gasteiger partial charge is 0.109 e. The average molecular weight is 284 g/mol. The summed E-state index contributed by atoms with van der Waals surface area (Å²) in [5, 5.41) is 0. The normalized spacial score (nSPS) is 30.5. The van der Waals surface area contributed by atoms with Gasteiger partial charge in [-0.05, 0) is 24.7 Å². The summed E-state index contributed by atoms with van der Waals surface area (Å²) >= 11 is 1.99. The lowest BCUT2D eigenvalue weighted by atomic mass is 9.80. The van der Waals surface area contributed by atoms with E-state index in [1.165, 1.54) is 25.7 Å². The molecule has 0 aromatic carbocycles. The number of hydrogen-bond donors (Lipinski definition) is 0. The molecule has 1 rings (SSSR count). The van der Waals surface area contributed by atoms with E-state index in [0.717, 1.165) is 25.0 Å². The van der Waals surface area contributed by atoms with Gasteiger partial charge in [-0.3, -0.25) is 0 Å². The highest BCUT2D eigenvalue weighted by Gasteiger charge is 2.24. The van der Waals surface area contributed by atoms with Crippen molar-refractivity contribution in [1.82, 2.24) is 0 Å². The van der Waals surface area contributed by atoms with Crippen LogP contribution in [-0.4, -0.2) is 20.3 Å². The van der Waals surface area contributed by atoms with Gasteiger partial charge in [0, 0.05) is 13.7 Å². The largest absolute Gasteiger partial charge is 0.384 e. The highest BCUT2D eigenvalue weighted by molar-refractivity contribution is 14.1. The Morgan fingerprint density at radius 1 is 1.17 bits per heavy atom. The van der Waals surface area contributed by atoms with Crippen molar-refractivity contribution in [3.63, 3.8) is 0 Å². The molecule has 3 heteroatoms. The molecular formula is C9H17IO2. The van der Waals surface area contributed by atoms with Gasteiger partial charge in [0.25, 0.3) is 0 Å². The quantitative estimate of drug-likeness (QED) is 0.739. The molecule has 0 N–H and O–H groups in total. The van der Waals surface area contributed by atoms with Crippen LogP contribution in [0.25, 0.3) is 0 Å². The van der Waals surface area contributed by atoms with Crippen LogP contribution in [0.4, 0.5) is 0 Å². The Morgan fingerprint density at radius 2 is 1.75 bits per heavy atom. The number of methoxy groups -OCH3 is 1. The van der Waals surface area contributed by atoms with Crippen molar-refractivity contribution in [3.8, 4) is 0 Å². The Labute approximate surface area is 88.7 Å². The second kappa shape index (κ2) is 6.16. The number of hydrogen-bond acceptors (Lipinski definition) is 2. The summed E-state index contributed by atoms with van der Waals surface area (Å²) in [6.45, 7) is 1.80. The first-order chi connectivity index (χ1) is 5.88. The fraction of sp³-hybridized carbons (Fsp3) is 1.00. The second-order valence-electron chi connectivity index (χ2n) is 3.54. The Hall–Kier alpha value is 0.650. The van der Waals surface area contributed by atoms with E-state index >= 15 is 0 Å². The van der Waals surface area contributed by atoms with Gasteiger partial charge in [-0.25, -0.2) is 0 Å².